The molecule has 1 aliphatic heterocycles. The Balaban J connectivity index is 2.22. The zero-order chi connectivity index (χ0) is 14.5. The normalized spacial score (nSPS) is 25.4. The Hall–Kier alpha value is -1.84. The molecule has 1 aromatic carbocycles. The monoisotopic (exact) mass is 275 g/mol. The Morgan fingerprint density at radius 2 is 1.95 bits per heavy atom. The van der Waals surface area contributed by atoms with E-state index in [1.165, 1.54) is 0 Å². The van der Waals surface area contributed by atoms with E-state index >= 15 is 0 Å². The Kier molecular flexibility index (Phi) is 4.77. The van der Waals surface area contributed by atoms with Crippen molar-refractivity contribution >= 4 is 11.9 Å². The van der Waals surface area contributed by atoms with E-state index in [9.17, 15) is 14.7 Å². The van der Waals surface area contributed by atoms with E-state index in [2.05, 4.69) is 12.2 Å². The first-order chi connectivity index (χ1) is 9.65. The minimum Gasteiger partial charge on any atom is -0.480 e. The summed E-state index contributed by atoms with van der Waals surface area (Å²) in [5.41, 5.74) is 0.912. The van der Waals surface area contributed by atoms with E-state index in [4.69, 9.17) is 0 Å². The summed E-state index contributed by atoms with van der Waals surface area (Å²) in [6.07, 6.45) is 3.88. The maximum atomic E-state index is 12.2. The van der Waals surface area contributed by atoms with Crippen LogP contribution in [-0.2, 0) is 9.59 Å². The van der Waals surface area contributed by atoms with E-state index < -0.39 is 12.0 Å². The number of aliphatic carboxylic acids is 1. The summed E-state index contributed by atoms with van der Waals surface area (Å²) < 4.78 is 0. The maximum Gasteiger partial charge on any atom is 0.326 e. The third-order valence-corrected chi connectivity index (χ3v) is 4.00. The van der Waals surface area contributed by atoms with Crippen molar-refractivity contribution in [1.82, 2.24) is 5.32 Å². The van der Waals surface area contributed by atoms with Gasteiger partial charge in [0.05, 0.1) is 5.92 Å². The van der Waals surface area contributed by atoms with Crippen LogP contribution in [0.2, 0.25) is 0 Å². The topological polar surface area (TPSA) is 66.4 Å². The van der Waals surface area contributed by atoms with Crippen molar-refractivity contribution in [2.24, 2.45) is 5.92 Å². The molecule has 0 bridgehead atoms. The van der Waals surface area contributed by atoms with Gasteiger partial charge in [0.25, 0.3) is 0 Å². The fourth-order valence-corrected chi connectivity index (χ4v) is 3.00. The van der Waals surface area contributed by atoms with Gasteiger partial charge in [-0.1, -0.05) is 56.5 Å². The molecule has 0 aliphatic carbocycles. The van der Waals surface area contributed by atoms with Crippen molar-refractivity contribution in [3.05, 3.63) is 35.9 Å². The van der Waals surface area contributed by atoms with Crippen LogP contribution in [0.3, 0.4) is 0 Å². The molecule has 4 nitrogen and oxygen atoms in total. The minimum atomic E-state index is -0.932. The van der Waals surface area contributed by atoms with Gasteiger partial charge in [0.2, 0.25) is 5.91 Å². The van der Waals surface area contributed by atoms with Gasteiger partial charge in [-0.05, 0) is 12.0 Å². The van der Waals surface area contributed by atoms with Crippen LogP contribution < -0.4 is 5.32 Å². The van der Waals surface area contributed by atoms with Crippen LogP contribution in [0, 0.1) is 5.92 Å². The Morgan fingerprint density at radius 3 is 2.55 bits per heavy atom. The van der Waals surface area contributed by atoms with Crippen molar-refractivity contribution in [1.29, 1.82) is 0 Å². The summed E-state index contributed by atoms with van der Waals surface area (Å²) in [4.78, 5) is 23.5. The number of carboxylic acids is 1. The average molecular weight is 275 g/mol. The molecule has 3 atom stereocenters. The van der Waals surface area contributed by atoms with Crippen LogP contribution in [-0.4, -0.2) is 23.0 Å². The highest BCUT2D eigenvalue weighted by Gasteiger charge is 2.45. The maximum absolute atomic E-state index is 12.2. The smallest absolute Gasteiger partial charge is 0.326 e. The van der Waals surface area contributed by atoms with Crippen molar-refractivity contribution < 1.29 is 14.7 Å². The van der Waals surface area contributed by atoms with Crippen LogP contribution in [0.5, 0.6) is 0 Å². The molecule has 1 amide bonds. The number of carbonyl (C=O) groups excluding carboxylic acids is 1. The Bertz CT molecular complexity index is 472. The summed E-state index contributed by atoms with van der Waals surface area (Å²) in [5, 5.41) is 11.9. The standard InChI is InChI=1S/C16H21NO3/c1-2-3-5-10-12-13(11-8-6-4-7-9-11)15(18)17-14(12)16(19)20/h4,6-9,12-14H,2-3,5,10H2,1H3,(H,17,18)(H,19,20)/t12-,13+,14+/m1/s1. The number of hydrogen-bond donors (Lipinski definition) is 2. The Labute approximate surface area is 119 Å². The lowest BCUT2D eigenvalue weighted by atomic mass is 9.81. The number of carboxylic acid groups (broad SMARTS) is 1. The highest BCUT2D eigenvalue weighted by Crippen LogP contribution is 2.36. The van der Waals surface area contributed by atoms with Crippen molar-refractivity contribution in [3.63, 3.8) is 0 Å². The third-order valence-electron chi connectivity index (χ3n) is 4.00. The molecule has 0 unspecified atom stereocenters. The van der Waals surface area contributed by atoms with Gasteiger partial charge >= 0.3 is 5.97 Å². The molecule has 4 heteroatoms. The van der Waals surface area contributed by atoms with Crippen molar-refractivity contribution in [3.8, 4) is 0 Å². The van der Waals surface area contributed by atoms with E-state index in [1.807, 2.05) is 30.3 Å². The zero-order valence-electron chi connectivity index (χ0n) is 11.7. The molecule has 108 valence electrons. The molecule has 1 fully saturated rings. The molecule has 0 spiro atoms. The van der Waals surface area contributed by atoms with Gasteiger partial charge in [-0.3, -0.25) is 4.79 Å². The fraction of sp³-hybridized carbons (Fsp3) is 0.500. The third kappa shape index (κ3) is 3.00. The van der Waals surface area contributed by atoms with Gasteiger partial charge in [-0.2, -0.15) is 0 Å². The second kappa shape index (κ2) is 6.55. The van der Waals surface area contributed by atoms with Crippen LogP contribution in [0.4, 0.5) is 0 Å². The molecular weight excluding hydrogens is 254 g/mol. The molecule has 0 aromatic heterocycles. The number of hydrogen-bond acceptors (Lipinski definition) is 2. The average Bonchev–Trinajstić information content (AvgIpc) is 2.77. The van der Waals surface area contributed by atoms with E-state index in [1.54, 1.807) is 0 Å². The highest BCUT2D eigenvalue weighted by molar-refractivity contribution is 5.93. The number of nitrogens with one attached hydrogen (secondary N) is 1. The van der Waals surface area contributed by atoms with E-state index in [-0.39, 0.29) is 17.7 Å². The van der Waals surface area contributed by atoms with E-state index in [0.29, 0.717) is 0 Å². The van der Waals surface area contributed by atoms with Gasteiger partial charge in [-0.15, -0.1) is 0 Å². The van der Waals surface area contributed by atoms with Gasteiger partial charge in [0.15, 0.2) is 0 Å². The summed E-state index contributed by atoms with van der Waals surface area (Å²) >= 11 is 0. The fourth-order valence-electron chi connectivity index (χ4n) is 3.00. The van der Waals surface area contributed by atoms with Crippen LogP contribution >= 0.6 is 0 Å². The van der Waals surface area contributed by atoms with Crippen LogP contribution in [0.25, 0.3) is 0 Å². The number of carbonyl (C=O) groups is 2. The molecule has 1 aromatic rings. The first kappa shape index (κ1) is 14.6. The molecule has 0 saturated carbocycles. The first-order valence-corrected chi connectivity index (χ1v) is 7.23. The number of amides is 1. The predicted molar refractivity (Wildman–Crippen MR) is 76.4 cm³/mol. The lowest BCUT2D eigenvalue weighted by Crippen LogP contribution is -2.36. The highest BCUT2D eigenvalue weighted by atomic mass is 16.4. The first-order valence-electron chi connectivity index (χ1n) is 7.23. The van der Waals surface area contributed by atoms with Gasteiger partial charge in [0, 0.05) is 5.92 Å². The van der Waals surface area contributed by atoms with Crippen molar-refractivity contribution in [2.75, 3.05) is 0 Å². The Morgan fingerprint density at radius 1 is 1.25 bits per heavy atom. The molecule has 2 rings (SSSR count). The predicted octanol–water partition coefficient (Wildman–Crippen LogP) is 2.55. The quantitative estimate of drug-likeness (QED) is 0.784. The summed E-state index contributed by atoms with van der Waals surface area (Å²) in [7, 11) is 0. The second-order valence-electron chi connectivity index (χ2n) is 5.37. The summed E-state index contributed by atoms with van der Waals surface area (Å²) in [6, 6.07) is 8.73. The number of unbranched alkanes of at least 4 members (excludes halogenated alkanes) is 2. The zero-order valence-corrected chi connectivity index (χ0v) is 11.7. The lowest BCUT2D eigenvalue weighted by molar-refractivity contribution is -0.141. The summed E-state index contributed by atoms with van der Waals surface area (Å²) in [5.74, 6) is -1.59. The van der Waals surface area contributed by atoms with Gasteiger partial charge in [-0.25, -0.2) is 4.79 Å². The molecule has 1 heterocycles. The SMILES string of the molecule is CCCCC[C@H]1[C@@H](C(=O)O)NC(=O)[C@H]1c1ccccc1. The summed E-state index contributed by atoms with van der Waals surface area (Å²) in [6.45, 7) is 2.11. The molecular formula is C16H21NO3. The van der Waals surface area contributed by atoms with E-state index in [0.717, 1.165) is 31.2 Å². The largest absolute Gasteiger partial charge is 0.480 e. The van der Waals surface area contributed by atoms with Crippen LogP contribution in [0.15, 0.2) is 30.3 Å². The van der Waals surface area contributed by atoms with Gasteiger partial charge < -0.3 is 10.4 Å². The van der Waals surface area contributed by atoms with Crippen molar-refractivity contribution in [2.45, 2.75) is 44.6 Å². The molecule has 2 N–H and O–H groups in total. The molecule has 20 heavy (non-hydrogen) atoms. The number of benzene rings is 1. The van der Waals surface area contributed by atoms with Gasteiger partial charge in [0.1, 0.15) is 6.04 Å². The minimum absolute atomic E-state index is 0.158. The van der Waals surface area contributed by atoms with Crippen LogP contribution in [0.1, 0.15) is 44.1 Å². The molecule has 1 aliphatic rings. The lowest BCUT2D eigenvalue weighted by Gasteiger charge is -2.20. The molecule has 0 radical (unpaired) electrons. The second-order valence-corrected chi connectivity index (χ2v) is 5.37. The number of rotatable bonds is 6. The molecule has 1 saturated heterocycles.